The maximum Gasteiger partial charge on any atom is 0.249 e. The normalized spacial score (nSPS) is 14.8. The lowest BCUT2D eigenvalue weighted by Crippen LogP contribution is -2.58. The van der Waals surface area contributed by atoms with Crippen LogP contribution in [0.3, 0.4) is 0 Å². The summed E-state index contributed by atoms with van der Waals surface area (Å²) >= 11 is 4.15. The lowest BCUT2D eigenvalue weighted by Gasteiger charge is -2.26. The smallest absolute Gasteiger partial charge is 0.249 e. The zero-order valence-corrected chi connectivity index (χ0v) is 20.0. The van der Waals surface area contributed by atoms with E-state index in [-0.39, 0.29) is 24.0 Å². The summed E-state index contributed by atoms with van der Waals surface area (Å²) < 4.78 is 0. The fraction of sp³-hybridized carbons (Fsp3) is 0.810. The molecule has 9 nitrogen and oxygen atoms in total. The number of nitrogens with two attached hydrogens (primary N) is 2. The van der Waals surface area contributed by atoms with Crippen molar-refractivity contribution >= 4 is 36.3 Å². The summed E-state index contributed by atoms with van der Waals surface area (Å²) in [6, 6.07) is -2.55. The highest BCUT2D eigenvalue weighted by Crippen LogP contribution is 2.09. The third-order valence-corrected chi connectivity index (χ3v) is 5.55. The van der Waals surface area contributed by atoms with Crippen molar-refractivity contribution in [3.63, 3.8) is 0 Å². The molecule has 0 saturated carbocycles. The summed E-state index contributed by atoms with van der Waals surface area (Å²) in [7, 11) is 0. The predicted molar refractivity (Wildman–Crippen MR) is 125 cm³/mol. The van der Waals surface area contributed by atoms with Gasteiger partial charge in [0.1, 0.15) is 12.1 Å². The lowest BCUT2D eigenvalue weighted by molar-refractivity contribution is -0.136. The van der Waals surface area contributed by atoms with Crippen LogP contribution in [0.5, 0.6) is 0 Å². The zero-order chi connectivity index (χ0) is 23.8. The number of carbonyl (C=O) groups excluding carboxylic acids is 4. The molecule has 0 bridgehead atoms. The molecule has 0 fully saturated rings. The lowest BCUT2D eigenvalue weighted by atomic mass is 9.97. The fourth-order valence-corrected chi connectivity index (χ4v) is 3.13. The van der Waals surface area contributed by atoms with Crippen LogP contribution < -0.4 is 27.4 Å². The Kier molecular flexibility index (Phi) is 16.1. The number of rotatable bonds is 16. The molecule has 0 aromatic heterocycles. The minimum Gasteiger partial charge on any atom is -0.342 e. The van der Waals surface area contributed by atoms with Crippen molar-refractivity contribution in [2.75, 3.05) is 12.3 Å². The second-order valence-corrected chi connectivity index (χ2v) is 8.24. The van der Waals surface area contributed by atoms with E-state index in [1.54, 1.807) is 0 Å². The molecule has 0 aliphatic rings. The molecule has 0 heterocycles. The van der Waals surface area contributed by atoms with E-state index < -0.39 is 35.8 Å². The molecule has 0 aliphatic carbocycles. The van der Waals surface area contributed by atoms with Crippen LogP contribution in [0.4, 0.5) is 0 Å². The van der Waals surface area contributed by atoms with Crippen molar-refractivity contribution in [3.8, 4) is 0 Å². The van der Waals surface area contributed by atoms with Crippen LogP contribution in [0.25, 0.3) is 0 Å². The van der Waals surface area contributed by atoms with Crippen LogP contribution in [0.15, 0.2) is 0 Å². The Morgan fingerprint density at radius 2 is 1.61 bits per heavy atom. The van der Waals surface area contributed by atoms with Crippen molar-refractivity contribution in [1.82, 2.24) is 16.0 Å². The molecule has 0 radical (unpaired) electrons. The molecule has 4 atom stereocenters. The molecule has 0 rings (SSSR count). The van der Waals surface area contributed by atoms with Gasteiger partial charge in [-0.3, -0.25) is 24.5 Å². The molecule has 4 amide bonds. The van der Waals surface area contributed by atoms with Crippen LogP contribution in [0.1, 0.15) is 72.1 Å². The van der Waals surface area contributed by atoms with Gasteiger partial charge in [-0.05, 0) is 31.7 Å². The molecule has 7 N–H and O–H groups in total. The predicted octanol–water partition coefficient (Wildman–Crippen LogP) is 0.611. The summed E-state index contributed by atoms with van der Waals surface area (Å²) in [5, 5.41) is 7.63. The van der Waals surface area contributed by atoms with Gasteiger partial charge in [0.15, 0.2) is 0 Å². The van der Waals surface area contributed by atoms with E-state index in [9.17, 15) is 19.2 Å². The Balaban J connectivity index is 4.95. The van der Waals surface area contributed by atoms with Gasteiger partial charge in [0.2, 0.25) is 23.6 Å². The topological polar surface area (TPSA) is 156 Å². The monoisotopic (exact) mass is 459 g/mol. The third-order valence-electron chi connectivity index (χ3n) is 5.18. The van der Waals surface area contributed by atoms with Crippen molar-refractivity contribution in [3.05, 3.63) is 0 Å². The van der Waals surface area contributed by atoms with Crippen molar-refractivity contribution in [2.24, 2.45) is 17.4 Å². The number of hydrogen-bond donors (Lipinski definition) is 6. The maximum atomic E-state index is 12.7. The third kappa shape index (κ3) is 12.1. The standard InChI is InChI=1S/C21H41N5O4S/c1-4-6-10-15(23)19(28)24-16(13-31)20(29)26-18(14(3)5-2)21(30)25-17(27)11-8-7-9-12-22/h14-16,18,31H,4-13,22-23H2,1-3H3,(H,24,28)(H,26,29)(H,25,27,30)/t14-,15+,16-,18-/m0/s1. The summed E-state index contributed by atoms with van der Waals surface area (Å²) in [5.74, 6) is -2.08. The highest BCUT2D eigenvalue weighted by atomic mass is 32.1. The van der Waals surface area contributed by atoms with Crippen molar-refractivity contribution in [1.29, 1.82) is 0 Å². The van der Waals surface area contributed by atoms with E-state index >= 15 is 0 Å². The van der Waals surface area contributed by atoms with Gasteiger partial charge < -0.3 is 22.1 Å². The first-order chi connectivity index (χ1) is 14.7. The second-order valence-electron chi connectivity index (χ2n) is 7.88. The Bertz CT molecular complexity index is 576. The molecule has 0 saturated heterocycles. The SMILES string of the molecule is CCCC[C@@H](N)C(=O)N[C@@H](CS)C(=O)N[C@H](C(=O)NC(=O)CCCCCN)[C@@H](C)CC. The molecule has 0 aromatic rings. The van der Waals surface area contributed by atoms with Crippen LogP contribution >= 0.6 is 12.6 Å². The first-order valence-corrected chi connectivity index (χ1v) is 11.9. The van der Waals surface area contributed by atoms with Gasteiger partial charge in [-0.2, -0.15) is 12.6 Å². The molecule has 0 aliphatic heterocycles. The van der Waals surface area contributed by atoms with Crippen LogP contribution in [0.2, 0.25) is 0 Å². The summed E-state index contributed by atoms with van der Waals surface area (Å²) in [4.78, 5) is 49.7. The van der Waals surface area contributed by atoms with Gasteiger partial charge in [-0.25, -0.2) is 0 Å². The average molecular weight is 460 g/mol. The van der Waals surface area contributed by atoms with Crippen molar-refractivity contribution in [2.45, 2.75) is 90.3 Å². The number of thiol groups is 1. The molecule has 0 aromatic carbocycles. The number of carbonyl (C=O) groups is 4. The van der Waals surface area contributed by atoms with Gasteiger partial charge in [0.25, 0.3) is 0 Å². The average Bonchev–Trinajstić information content (AvgIpc) is 2.75. The van der Waals surface area contributed by atoms with E-state index in [1.165, 1.54) is 0 Å². The fourth-order valence-electron chi connectivity index (χ4n) is 2.87. The second kappa shape index (κ2) is 17.0. The van der Waals surface area contributed by atoms with Crippen LogP contribution in [-0.4, -0.2) is 54.1 Å². The maximum absolute atomic E-state index is 12.7. The quantitative estimate of drug-likeness (QED) is 0.147. The molecule has 180 valence electrons. The zero-order valence-electron chi connectivity index (χ0n) is 19.1. The van der Waals surface area contributed by atoms with Crippen molar-refractivity contribution < 1.29 is 19.2 Å². The summed E-state index contributed by atoms with van der Waals surface area (Å²) in [5.41, 5.74) is 11.3. The number of nitrogens with one attached hydrogen (secondary N) is 3. The van der Waals surface area contributed by atoms with Gasteiger partial charge in [0, 0.05) is 12.2 Å². The molecule has 0 spiro atoms. The minimum atomic E-state index is -0.935. The van der Waals surface area contributed by atoms with E-state index in [1.807, 2.05) is 20.8 Å². The minimum absolute atomic E-state index is 0.0486. The number of hydrogen-bond acceptors (Lipinski definition) is 7. The van der Waals surface area contributed by atoms with Gasteiger partial charge in [0.05, 0.1) is 6.04 Å². The molecule has 31 heavy (non-hydrogen) atoms. The first-order valence-electron chi connectivity index (χ1n) is 11.2. The van der Waals surface area contributed by atoms with Crippen LogP contribution in [-0.2, 0) is 19.2 Å². The van der Waals surface area contributed by atoms with Gasteiger partial charge in [-0.15, -0.1) is 0 Å². The Labute approximate surface area is 191 Å². The summed E-state index contributed by atoms with van der Waals surface area (Å²) in [6.07, 6.45) is 5.36. The van der Waals surface area contributed by atoms with Gasteiger partial charge in [-0.1, -0.05) is 46.5 Å². The Morgan fingerprint density at radius 3 is 2.16 bits per heavy atom. The number of imide groups is 1. The number of unbranched alkanes of at least 4 members (excludes halogenated alkanes) is 3. The first kappa shape index (κ1) is 29.4. The Morgan fingerprint density at radius 1 is 0.935 bits per heavy atom. The highest BCUT2D eigenvalue weighted by molar-refractivity contribution is 7.80. The van der Waals surface area contributed by atoms with Gasteiger partial charge >= 0.3 is 0 Å². The highest BCUT2D eigenvalue weighted by Gasteiger charge is 2.30. The van der Waals surface area contributed by atoms with Crippen LogP contribution in [0, 0.1) is 5.92 Å². The van der Waals surface area contributed by atoms with E-state index in [2.05, 4.69) is 28.6 Å². The molecule has 10 heteroatoms. The Hall–Kier alpha value is -1.65. The van der Waals surface area contributed by atoms with E-state index in [4.69, 9.17) is 11.5 Å². The van der Waals surface area contributed by atoms with E-state index in [0.29, 0.717) is 25.8 Å². The molecule has 0 unspecified atom stereocenters. The summed E-state index contributed by atoms with van der Waals surface area (Å²) in [6.45, 7) is 6.26. The largest absolute Gasteiger partial charge is 0.342 e. The molecular formula is C21H41N5O4S. The van der Waals surface area contributed by atoms with E-state index in [0.717, 1.165) is 25.7 Å². The molecular weight excluding hydrogens is 418 g/mol. The number of amides is 4.